The van der Waals surface area contributed by atoms with E-state index in [1.807, 2.05) is 41.2 Å². The topological polar surface area (TPSA) is 55.9 Å². The van der Waals surface area contributed by atoms with Crippen LogP contribution in [0.2, 0.25) is 0 Å². The van der Waals surface area contributed by atoms with Crippen molar-refractivity contribution < 1.29 is 4.39 Å². The van der Waals surface area contributed by atoms with Gasteiger partial charge in [0.25, 0.3) is 0 Å². The third-order valence-corrected chi connectivity index (χ3v) is 3.03. The van der Waals surface area contributed by atoms with Crippen LogP contribution in [0.4, 0.5) is 21.5 Å². The maximum Gasteiger partial charge on any atom is 0.127 e. The molecule has 0 amide bonds. The van der Waals surface area contributed by atoms with Gasteiger partial charge in [-0.1, -0.05) is 30.3 Å². The van der Waals surface area contributed by atoms with Crippen LogP contribution >= 0.6 is 0 Å². The lowest BCUT2D eigenvalue weighted by Gasteiger charge is -2.05. The van der Waals surface area contributed by atoms with E-state index >= 15 is 0 Å². The number of anilines is 3. The van der Waals surface area contributed by atoms with Gasteiger partial charge in [0.2, 0.25) is 0 Å². The molecule has 3 N–H and O–H groups in total. The molecular weight excluding hydrogens is 267 g/mol. The molecular formula is C16H15FN4. The number of halogens is 1. The quantitative estimate of drug-likeness (QED) is 0.721. The fraction of sp³-hybridized carbons (Fsp3) is 0.0625. The SMILES string of the molecule is Nc1cc(F)cc(Nc2cnn(Cc3ccccc3)c2)c1. The van der Waals surface area contributed by atoms with E-state index < -0.39 is 0 Å². The van der Waals surface area contributed by atoms with E-state index in [2.05, 4.69) is 10.4 Å². The van der Waals surface area contributed by atoms with Gasteiger partial charge in [0.05, 0.1) is 18.4 Å². The first-order valence-corrected chi connectivity index (χ1v) is 6.58. The van der Waals surface area contributed by atoms with Gasteiger partial charge >= 0.3 is 0 Å². The summed E-state index contributed by atoms with van der Waals surface area (Å²) in [5.41, 5.74) is 8.56. The van der Waals surface area contributed by atoms with Crippen molar-refractivity contribution in [1.29, 1.82) is 0 Å². The molecule has 3 aromatic rings. The highest BCUT2D eigenvalue weighted by atomic mass is 19.1. The van der Waals surface area contributed by atoms with E-state index in [4.69, 9.17) is 5.73 Å². The van der Waals surface area contributed by atoms with Crippen molar-refractivity contribution in [3.8, 4) is 0 Å². The number of nitrogens with one attached hydrogen (secondary N) is 1. The molecule has 106 valence electrons. The zero-order chi connectivity index (χ0) is 14.7. The number of hydrogen-bond donors (Lipinski definition) is 2. The predicted molar refractivity (Wildman–Crippen MR) is 81.9 cm³/mol. The molecule has 0 fully saturated rings. The molecule has 2 aromatic carbocycles. The third kappa shape index (κ3) is 3.39. The molecule has 0 aliphatic heterocycles. The minimum Gasteiger partial charge on any atom is -0.399 e. The Morgan fingerprint density at radius 2 is 1.90 bits per heavy atom. The predicted octanol–water partition coefficient (Wildman–Crippen LogP) is 3.40. The van der Waals surface area contributed by atoms with Crippen LogP contribution < -0.4 is 11.1 Å². The first-order valence-electron chi connectivity index (χ1n) is 6.58. The van der Waals surface area contributed by atoms with E-state index in [-0.39, 0.29) is 5.82 Å². The van der Waals surface area contributed by atoms with Gasteiger partial charge < -0.3 is 11.1 Å². The molecule has 1 aromatic heterocycles. The van der Waals surface area contributed by atoms with E-state index in [9.17, 15) is 4.39 Å². The smallest absolute Gasteiger partial charge is 0.127 e. The lowest BCUT2D eigenvalue weighted by atomic mass is 10.2. The third-order valence-electron chi connectivity index (χ3n) is 3.03. The normalized spacial score (nSPS) is 10.5. The van der Waals surface area contributed by atoms with Crippen molar-refractivity contribution in [3.63, 3.8) is 0 Å². The highest BCUT2D eigenvalue weighted by Gasteiger charge is 2.02. The van der Waals surface area contributed by atoms with Gasteiger partial charge in [-0.25, -0.2) is 4.39 Å². The molecule has 4 nitrogen and oxygen atoms in total. The van der Waals surface area contributed by atoms with Crippen LogP contribution in [0.15, 0.2) is 60.9 Å². The molecule has 0 unspecified atom stereocenters. The van der Waals surface area contributed by atoms with Crippen LogP contribution in [0.3, 0.4) is 0 Å². The minimum absolute atomic E-state index is 0.367. The van der Waals surface area contributed by atoms with Gasteiger partial charge in [-0.15, -0.1) is 0 Å². The Balaban J connectivity index is 1.73. The molecule has 1 heterocycles. The van der Waals surface area contributed by atoms with Crippen molar-refractivity contribution in [2.75, 3.05) is 11.1 Å². The second-order valence-corrected chi connectivity index (χ2v) is 4.81. The number of nitrogens with two attached hydrogens (primary N) is 1. The Hall–Kier alpha value is -2.82. The molecule has 0 aliphatic rings. The molecule has 0 saturated carbocycles. The van der Waals surface area contributed by atoms with Crippen LogP contribution in [0, 0.1) is 5.82 Å². The van der Waals surface area contributed by atoms with Crippen molar-refractivity contribution in [1.82, 2.24) is 9.78 Å². The van der Waals surface area contributed by atoms with Gasteiger partial charge in [-0.2, -0.15) is 5.10 Å². The highest BCUT2D eigenvalue weighted by molar-refractivity contribution is 5.62. The molecule has 0 atom stereocenters. The van der Waals surface area contributed by atoms with Crippen LogP contribution in [0.5, 0.6) is 0 Å². The molecule has 0 aliphatic carbocycles. The van der Waals surface area contributed by atoms with Gasteiger partial charge in [0, 0.05) is 17.6 Å². The molecule has 0 saturated heterocycles. The highest BCUT2D eigenvalue weighted by Crippen LogP contribution is 2.20. The van der Waals surface area contributed by atoms with Crippen LogP contribution in [0.25, 0.3) is 0 Å². The first-order chi connectivity index (χ1) is 10.2. The number of benzene rings is 2. The second kappa shape index (κ2) is 5.66. The Bertz CT molecular complexity index is 717. The van der Waals surface area contributed by atoms with E-state index in [1.54, 1.807) is 12.3 Å². The van der Waals surface area contributed by atoms with Crippen molar-refractivity contribution >= 4 is 17.1 Å². The lowest BCUT2D eigenvalue weighted by Crippen LogP contribution is -1.99. The number of aromatic nitrogens is 2. The van der Waals surface area contributed by atoms with Crippen molar-refractivity contribution in [3.05, 3.63) is 72.3 Å². The Morgan fingerprint density at radius 3 is 2.67 bits per heavy atom. The standard InChI is InChI=1S/C16H15FN4/c17-13-6-14(18)8-15(7-13)20-16-9-19-21(11-16)10-12-4-2-1-3-5-12/h1-9,11,20H,10,18H2. The summed E-state index contributed by atoms with van der Waals surface area (Å²) in [6, 6.07) is 14.4. The molecule has 3 rings (SSSR count). The summed E-state index contributed by atoms with van der Waals surface area (Å²) < 4.78 is 15.1. The Labute approximate surface area is 122 Å². The van der Waals surface area contributed by atoms with Crippen LogP contribution in [-0.2, 0) is 6.54 Å². The number of nitrogens with zero attached hydrogens (tertiary/aromatic N) is 2. The average molecular weight is 282 g/mol. The summed E-state index contributed by atoms with van der Waals surface area (Å²) in [6.07, 6.45) is 3.57. The van der Waals surface area contributed by atoms with E-state index in [0.29, 0.717) is 17.9 Å². The van der Waals surface area contributed by atoms with E-state index in [0.717, 1.165) is 5.69 Å². The molecule has 0 bridgehead atoms. The van der Waals surface area contributed by atoms with Gasteiger partial charge in [0.15, 0.2) is 0 Å². The fourth-order valence-corrected chi connectivity index (χ4v) is 2.14. The Morgan fingerprint density at radius 1 is 1.10 bits per heavy atom. The van der Waals surface area contributed by atoms with Crippen molar-refractivity contribution in [2.45, 2.75) is 6.54 Å². The van der Waals surface area contributed by atoms with Crippen molar-refractivity contribution in [2.24, 2.45) is 0 Å². The Kier molecular flexibility index (Phi) is 3.55. The molecule has 0 radical (unpaired) electrons. The van der Waals surface area contributed by atoms with E-state index in [1.165, 1.54) is 17.7 Å². The fourth-order valence-electron chi connectivity index (χ4n) is 2.14. The maximum atomic E-state index is 13.3. The lowest BCUT2D eigenvalue weighted by molar-refractivity contribution is 0.629. The largest absolute Gasteiger partial charge is 0.399 e. The van der Waals surface area contributed by atoms with Crippen LogP contribution in [-0.4, -0.2) is 9.78 Å². The maximum absolute atomic E-state index is 13.3. The minimum atomic E-state index is -0.367. The molecule has 21 heavy (non-hydrogen) atoms. The summed E-state index contributed by atoms with van der Waals surface area (Å²) in [5.74, 6) is -0.367. The summed E-state index contributed by atoms with van der Waals surface area (Å²) >= 11 is 0. The number of nitrogen functional groups attached to an aromatic ring is 1. The molecule has 0 spiro atoms. The zero-order valence-electron chi connectivity index (χ0n) is 11.3. The number of hydrogen-bond acceptors (Lipinski definition) is 3. The summed E-state index contributed by atoms with van der Waals surface area (Å²) in [5, 5.41) is 7.37. The van der Waals surface area contributed by atoms with Gasteiger partial charge in [-0.3, -0.25) is 4.68 Å². The average Bonchev–Trinajstić information content (AvgIpc) is 2.86. The second-order valence-electron chi connectivity index (χ2n) is 4.81. The van der Waals surface area contributed by atoms with Gasteiger partial charge in [0.1, 0.15) is 5.82 Å². The summed E-state index contributed by atoms with van der Waals surface area (Å²) in [7, 11) is 0. The number of rotatable bonds is 4. The monoisotopic (exact) mass is 282 g/mol. The summed E-state index contributed by atoms with van der Waals surface area (Å²) in [6.45, 7) is 0.688. The zero-order valence-corrected chi connectivity index (χ0v) is 11.3. The molecule has 5 heteroatoms. The van der Waals surface area contributed by atoms with Gasteiger partial charge in [-0.05, 0) is 23.8 Å². The summed E-state index contributed by atoms with van der Waals surface area (Å²) in [4.78, 5) is 0. The van der Waals surface area contributed by atoms with Crippen LogP contribution in [0.1, 0.15) is 5.56 Å². The first kappa shape index (κ1) is 13.2.